The number of benzene rings is 1. The normalized spacial score (nSPS) is 28.2. The first kappa shape index (κ1) is 17.0. The molecule has 7 nitrogen and oxygen atoms in total. The Morgan fingerprint density at radius 3 is 2.84 bits per heavy atom. The van der Waals surface area contributed by atoms with Gasteiger partial charge in [-0.25, -0.2) is 13.1 Å². The van der Waals surface area contributed by atoms with Gasteiger partial charge >= 0.3 is 0 Å². The molecule has 0 bridgehead atoms. The molecule has 1 aromatic rings. The molecule has 1 aromatic carbocycles. The van der Waals surface area contributed by atoms with Gasteiger partial charge in [0.15, 0.2) is 0 Å². The molecule has 2 fully saturated rings. The van der Waals surface area contributed by atoms with Crippen molar-refractivity contribution in [2.24, 2.45) is 17.6 Å². The summed E-state index contributed by atoms with van der Waals surface area (Å²) < 4.78 is 32.6. The van der Waals surface area contributed by atoms with Crippen molar-refractivity contribution < 1.29 is 17.9 Å². The van der Waals surface area contributed by atoms with E-state index in [0.717, 1.165) is 24.0 Å². The minimum Gasteiger partial charge on any atom is -0.372 e. The van der Waals surface area contributed by atoms with E-state index in [2.05, 4.69) is 4.72 Å². The maximum absolute atomic E-state index is 12.5. The smallest absolute Gasteiger partial charge is 0.241 e. The van der Waals surface area contributed by atoms with Crippen LogP contribution >= 0.6 is 0 Å². The number of carbonyl (C=O) groups excluding carboxylic acids is 1. The zero-order valence-electron chi connectivity index (χ0n) is 14.0. The van der Waals surface area contributed by atoms with Gasteiger partial charge in [0.2, 0.25) is 15.9 Å². The summed E-state index contributed by atoms with van der Waals surface area (Å²) in [6.07, 6.45) is 2.07. The van der Waals surface area contributed by atoms with E-state index in [1.165, 1.54) is 0 Å². The molecular weight excluding hydrogens is 342 g/mol. The molecule has 3 aliphatic rings. The van der Waals surface area contributed by atoms with Crippen LogP contribution in [0, 0.1) is 11.8 Å². The highest BCUT2D eigenvalue weighted by molar-refractivity contribution is 7.89. The van der Waals surface area contributed by atoms with E-state index in [9.17, 15) is 13.2 Å². The van der Waals surface area contributed by atoms with Gasteiger partial charge in [0.1, 0.15) is 0 Å². The van der Waals surface area contributed by atoms with Crippen molar-refractivity contribution in [3.63, 3.8) is 0 Å². The zero-order valence-corrected chi connectivity index (χ0v) is 14.8. The van der Waals surface area contributed by atoms with Crippen molar-refractivity contribution >= 4 is 15.9 Å². The topological polar surface area (TPSA) is 102 Å². The SMILES string of the molecule is NC1CCC2CN(C(=O)CNS(=O)(=O)c3ccc4c(c3)COC4)CC12. The lowest BCUT2D eigenvalue weighted by molar-refractivity contribution is -0.129. The molecule has 2 aliphatic heterocycles. The van der Waals surface area contributed by atoms with Gasteiger partial charge in [-0.1, -0.05) is 6.07 Å². The van der Waals surface area contributed by atoms with Crippen molar-refractivity contribution in [3.05, 3.63) is 29.3 Å². The molecule has 3 N–H and O–H groups in total. The summed E-state index contributed by atoms with van der Waals surface area (Å²) in [4.78, 5) is 14.3. The number of nitrogens with zero attached hydrogens (tertiary/aromatic N) is 1. The van der Waals surface area contributed by atoms with Crippen LogP contribution in [0.25, 0.3) is 0 Å². The Hall–Kier alpha value is -1.48. The molecule has 0 radical (unpaired) electrons. The minimum atomic E-state index is -3.71. The first-order valence-corrected chi connectivity index (χ1v) is 10.1. The lowest BCUT2D eigenvalue weighted by atomic mass is 9.98. The molecule has 25 heavy (non-hydrogen) atoms. The molecule has 136 valence electrons. The predicted octanol–water partition coefficient (Wildman–Crippen LogP) is 0.191. The van der Waals surface area contributed by atoms with Gasteiger partial charge in [-0.2, -0.15) is 0 Å². The molecule has 2 heterocycles. The molecule has 1 saturated carbocycles. The third kappa shape index (κ3) is 3.19. The van der Waals surface area contributed by atoms with E-state index < -0.39 is 10.0 Å². The Kier molecular flexibility index (Phi) is 4.31. The number of sulfonamides is 1. The molecule has 0 aromatic heterocycles. The zero-order chi connectivity index (χ0) is 17.6. The van der Waals surface area contributed by atoms with Crippen LogP contribution in [0.1, 0.15) is 24.0 Å². The quantitative estimate of drug-likeness (QED) is 0.793. The third-order valence-corrected chi connectivity index (χ3v) is 7.08. The fraction of sp³-hybridized carbons (Fsp3) is 0.588. The molecule has 3 atom stereocenters. The molecule has 0 spiro atoms. The molecular formula is C17H23N3O4S. The van der Waals surface area contributed by atoms with Crippen molar-refractivity contribution in [2.45, 2.75) is 37.0 Å². The Balaban J connectivity index is 1.38. The summed E-state index contributed by atoms with van der Waals surface area (Å²) in [5.41, 5.74) is 7.98. The third-order valence-electron chi connectivity index (χ3n) is 5.68. The highest BCUT2D eigenvalue weighted by Gasteiger charge is 2.42. The van der Waals surface area contributed by atoms with Gasteiger partial charge < -0.3 is 15.4 Å². The largest absolute Gasteiger partial charge is 0.372 e. The number of nitrogens with one attached hydrogen (secondary N) is 1. The van der Waals surface area contributed by atoms with Crippen LogP contribution in [0.5, 0.6) is 0 Å². The van der Waals surface area contributed by atoms with Crippen LogP contribution in [-0.4, -0.2) is 44.9 Å². The van der Waals surface area contributed by atoms with Gasteiger partial charge in [0.05, 0.1) is 24.7 Å². The minimum absolute atomic E-state index is 0.160. The average Bonchev–Trinajstić information content (AvgIpc) is 3.29. The molecule has 1 amide bonds. The lowest BCUT2D eigenvalue weighted by Crippen LogP contribution is -2.40. The number of likely N-dealkylation sites (tertiary alicyclic amines) is 1. The number of rotatable bonds is 4. The highest BCUT2D eigenvalue weighted by atomic mass is 32.2. The van der Waals surface area contributed by atoms with E-state index in [0.29, 0.717) is 38.1 Å². The number of amides is 1. The highest BCUT2D eigenvalue weighted by Crippen LogP contribution is 2.37. The summed E-state index contributed by atoms with van der Waals surface area (Å²) in [6, 6.07) is 5.10. The van der Waals surface area contributed by atoms with Gasteiger partial charge in [0, 0.05) is 19.1 Å². The summed E-state index contributed by atoms with van der Waals surface area (Å²) in [6.45, 7) is 2.05. The van der Waals surface area contributed by atoms with Crippen molar-refractivity contribution in [1.82, 2.24) is 9.62 Å². The van der Waals surface area contributed by atoms with E-state index in [1.54, 1.807) is 23.1 Å². The fourth-order valence-corrected chi connectivity index (χ4v) is 5.20. The average molecular weight is 365 g/mol. The van der Waals surface area contributed by atoms with E-state index in [-0.39, 0.29) is 23.4 Å². The Labute approximate surface area is 147 Å². The van der Waals surface area contributed by atoms with Crippen LogP contribution in [-0.2, 0) is 32.8 Å². The number of carbonyl (C=O) groups is 1. The maximum Gasteiger partial charge on any atom is 0.241 e. The van der Waals surface area contributed by atoms with Crippen LogP contribution in [0.4, 0.5) is 0 Å². The number of nitrogens with two attached hydrogens (primary N) is 1. The van der Waals surface area contributed by atoms with Crippen LogP contribution in [0.2, 0.25) is 0 Å². The number of hydrogen-bond donors (Lipinski definition) is 2. The Morgan fingerprint density at radius 1 is 1.24 bits per heavy atom. The van der Waals surface area contributed by atoms with Crippen molar-refractivity contribution in [3.8, 4) is 0 Å². The van der Waals surface area contributed by atoms with Crippen LogP contribution < -0.4 is 10.5 Å². The second-order valence-electron chi connectivity index (χ2n) is 7.21. The van der Waals surface area contributed by atoms with E-state index in [1.807, 2.05) is 0 Å². The summed E-state index contributed by atoms with van der Waals surface area (Å²) in [5, 5.41) is 0. The molecule has 1 saturated heterocycles. The van der Waals surface area contributed by atoms with E-state index in [4.69, 9.17) is 10.5 Å². The Bertz CT molecular complexity index is 795. The monoisotopic (exact) mass is 365 g/mol. The molecule has 8 heteroatoms. The molecule has 1 aliphatic carbocycles. The van der Waals surface area contributed by atoms with E-state index >= 15 is 0 Å². The van der Waals surface area contributed by atoms with Gasteiger partial charge in [-0.3, -0.25) is 4.79 Å². The first-order chi connectivity index (χ1) is 11.9. The van der Waals surface area contributed by atoms with Crippen molar-refractivity contribution in [2.75, 3.05) is 19.6 Å². The number of hydrogen-bond acceptors (Lipinski definition) is 5. The number of fused-ring (bicyclic) bond motifs is 2. The summed E-state index contributed by atoms with van der Waals surface area (Å²) >= 11 is 0. The lowest BCUT2D eigenvalue weighted by Gasteiger charge is -2.19. The van der Waals surface area contributed by atoms with Gasteiger partial charge in [-0.05, 0) is 47.9 Å². The second-order valence-corrected chi connectivity index (χ2v) is 8.98. The number of ether oxygens (including phenoxy) is 1. The van der Waals surface area contributed by atoms with Gasteiger partial charge in [0.25, 0.3) is 0 Å². The summed E-state index contributed by atoms with van der Waals surface area (Å²) in [7, 11) is -3.71. The van der Waals surface area contributed by atoms with Gasteiger partial charge in [-0.15, -0.1) is 0 Å². The molecule has 3 unspecified atom stereocenters. The second kappa shape index (κ2) is 6.35. The van der Waals surface area contributed by atoms with Crippen LogP contribution in [0.3, 0.4) is 0 Å². The fourth-order valence-electron chi connectivity index (χ4n) is 4.18. The predicted molar refractivity (Wildman–Crippen MR) is 90.9 cm³/mol. The Morgan fingerprint density at radius 2 is 2.04 bits per heavy atom. The van der Waals surface area contributed by atoms with Crippen molar-refractivity contribution in [1.29, 1.82) is 0 Å². The maximum atomic E-state index is 12.5. The standard InChI is InChI=1S/C17H23N3O4S/c18-16-4-2-11-7-20(8-15(11)16)17(21)6-19-25(22,23)14-3-1-12-9-24-10-13(12)5-14/h1,3,5,11,15-16,19H,2,4,6-10,18H2. The summed E-state index contributed by atoms with van der Waals surface area (Å²) in [5.74, 6) is 0.638. The van der Waals surface area contributed by atoms with Crippen LogP contribution in [0.15, 0.2) is 23.1 Å². The molecule has 4 rings (SSSR count). The first-order valence-electron chi connectivity index (χ1n) is 8.66.